The molecular formula is C25H32N4O4. The number of fused-ring (bicyclic) bond motifs is 1. The highest BCUT2D eigenvalue weighted by Crippen LogP contribution is 2.21. The third-order valence-electron chi connectivity index (χ3n) is 6.29. The second-order valence-electron chi connectivity index (χ2n) is 8.63. The molecule has 4 rings (SSSR count). The Morgan fingerprint density at radius 2 is 1.82 bits per heavy atom. The number of amides is 1. The van der Waals surface area contributed by atoms with Crippen LogP contribution in [0, 0.1) is 0 Å². The lowest BCUT2D eigenvalue weighted by atomic mass is 10.1. The van der Waals surface area contributed by atoms with E-state index in [1.54, 1.807) is 23.2 Å². The molecule has 1 saturated heterocycles. The molecule has 2 aromatic carbocycles. The summed E-state index contributed by atoms with van der Waals surface area (Å²) in [5.41, 5.74) is 3.37. The van der Waals surface area contributed by atoms with Crippen LogP contribution in [-0.2, 0) is 25.4 Å². The number of benzene rings is 2. The molecule has 8 nitrogen and oxygen atoms in total. The molecule has 1 aliphatic rings. The van der Waals surface area contributed by atoms with Gasteiger partial charge in [0.05, 0.1) is 11.0 Å². The van der Waals surface area contributed by atoms with Crippen molar-refractivity contribution in [2.45, 2.75) is 31.9 Å². The van der Waals surface area contributed by atoms with Crippen molar-refractivity contribution in [3.8, 4) is 5.75 Å². The molecule has 1 aliphatic heterocycles. The van der Waals surface area contributed by atoms with E-state index in [2.05, 4.69) is 5.32 Å². The quantitative estimate of drug-likeness (QED) is 0.460. The highest BCUT2D eigenvalue weighted by molar-refractivity contribution is 5.78. The summed E-state index contributed by atoms with van der Waals surface area (Å²) < 4.78 is 8.94. The summed E-state index contributed by atoms with van der Waals surface area (Å²) in [6, 6.07) is 13.3. The van der Waals surface area contributed by atoms with Gasteiger partial charge in [-0.05, 0) is 54.8 Å². The van der Waals surface area contributed by atoms with Crippen LogP contribution in [0.1, 0.15) is 36.5 Å². The Morgan fingerprint density at radius 1 is 1.06 bits per heavy atom. The van der Waals surface area contributed by atoms with Crippen molar-refractivity contribution >= 4 is 16.9 Å². The number of imidazole rings is 1. The van der Waals surface area contributed by atoms with Gasteiger partial charge in [-0.2, -0.15) is 0 Å². The van der Waals surface area contributed by atoms with Crippen LogP contribution < -0.4 is 15.7 Å². The first-order valence-electron chi connectivity index (χ1n) is 11.5. The number of hydrogen-bond donors (Lipinski definition) is 2. The van der Waals surface area contributed by atoms with Gasteiger partial charge in [-0.3, -0.25) is 13.9 Å². The minimum absolute atomic E-state index is 0.0934. The van der Waals surface area contributed by atoms with Crippen LogP contribution in [0.3, 0.4) is 0 Å². The van der Waals surface area contributed by atoms with Gasteiger partial charge in [-0.25, -0.2) is 4.79 Å². The molecule has 0 saturated carbocycles. The van der Waals surface area contributed by atoms with Gasteiger partial charge in [-0.1, -0.05) is 18.2 Å². The smallest absolute Gasteiger partial charge is 0.328 e. The van der Waals surface area contributed by atoms with Crippen molar-refractivity contribution in [2.24, 2.45) is 14.1 Å². The van der Waals surface area contributed by atoms with Crippen molar-refractivity contribution in [2.75, 3.05) is 26.2 Å². The maximum Gasteiger partial charge on any atom is 0.328 e. The number of nitrogens with zero attached hydrogens (tertiary/aromatic N) is 3. The third-order valence-corrected chi connectivity index (χ3v) is 6.29. The van der Waals surface area contributed by atoms with Gasteiger partial charge in [0, 0.05) is 40.2 Å². The average molecular weight is 453 g/mol. The molecule has 0 bridgehead atoms. The standard InChI is InChI=1S/C25H32N4O4/c1-27-21-11-8-19(15-22(21)28(2)25(27)32)23(30)17-33-20-9-6-18(7-10-20)16-26-12-4-14-29-13-3-5-24(29)31/h6-11,15,23,26,30H,3-5,12-14,16-17H2,1-2H3. The summed E-state index contributed by atoms with van der Waals surface area (Å²) in [5, 5.41) is 14.0. The molecule has 2 N–H and O–H groups in total. The van der Waals surface area contributed by atoms with Crippen molar-refractivity contribution in [3.63, 3.8) is 0 Å². The topological polar surface area (TPSA) is 88.7 Å². The fourth-order valence-electron chi connectivity index (χ4n) is 4.27. The zero-order valence-corrected chi connectivity index (χ0v) is 19.3. The zero-order chi connectivity index (χ0) is 23.4. The number of ether oxygens (including phenoxy) is 1. The fourth-order valence-corrected chi connectivity index (χ4v) is 4.27. The number of aliphatic hydroxyl groups excluding tert-OH is 1. The van der Waals surface area contributed by atoms with Crippen molar-refractivity contribution in [1.29, 1.82) is 0 Å². The van der Waals surface area contributed by atoms with Gasteiger partial charge in [0.25, 0.3) is 0 Å². The molecule has 3 aromatic rings. The highest BCUT2D eigenvalue weighted by Gasteiger charge is 2.18. The first-order chi connectivity index (χ1) is 15.9. The van der Waals surface area contributed by atoms with E-state index < -0.39 is 6.10 Å². The molecule has 176 valence electrons. The van der Waals surface area contributed by atoms with E-state index in [9.17, 15) is 14.7 Å². The normalized spacial score (nSPS) is 14.9. The molecule has 0 aliphatic carbocycles. The summed E-state index contributed by atoms with van der Waals surface area (Å²) in [4.78, 5) is 25.6. The van der Waals surface area contributed by atoms with Crippen molar-refractivity contribution < 1.29 is 14.6 Å². The zero-order valence-electron chi connectivity index (χ0n) is 19.3. The van der Waals surface area contributed by atoms with E-state index in [1.807, 2.05) is 47.4 Å². The molecule has 0 spiro atoms. The monoisotopic (exact) mass is 452 g/mol. The molecular weight excluding hydrogens is 420 g/mol. The summed E-state index contributed by atoms with van der Waals surface area (Å²) in [5.74, 6) is 0.973. The van der Waals surface area contributed by atoms with Gasteiger partial charge >= 0.3 is 5.69 Å². The largest absolute Gasteiger partial charge is 0.491 e. The van der Waals surface area contributed by atoms with E-state index >= 15 is 0 Å². The first-order valence-corrected chi connectivity index (χ1v) is 11.5. The lowest BCUT2D eigenvalue weighted by Gasteiger charge is -2.15. The van der Waals surface area contributed by atoms with E-state index in [0.29, 0.717) is 17.7 Å². The predicted molar refractivity (Wildman–Crippen MR) is 127 cm³/mol. The number of nitrogens with one attached hydrogen (secondary N) is 1. The number of carbonyl (C=O) groups excluding carboxylic acids is 1. The SMILES string of the molecule is Cn1c(=O)n(C)c2cc(C(O)COc3ccc(CNCCCN4CCCC4=O)cc3)ccc21. The lowest BCUT2D eigenvalue weighted by Crippen LogP contribution is -2.28. The van der Waals surface area contributed by atoms with E-state index in [1.165, 1.54) is 0 Å². The second-order valence-corrected chi connectivity index (χ2v) is 8.63. The van der Waals surface area contributed by atoms with Crippen LogP contribution in [-0.4, -0.2) is 51.3 Å². The summed E-state index contributed by atoms with van der Waals surface area (Å²) in [6.07, 6.45) is 1.84. The van der Waals surface area contributed by atoms with Gasteiger partial charge in [-0.15, -0.1) is 0 Å². The Bertz CT molecular complexity index is 1170. The van der Waals surface area contributed by atoms with E-state index in [-0.39, 0.29) is 18.2 Å². The molecule has 0 radical (unpaired) electrons. The molecule has 1 amide bonds. The maximum absolute atomic E-state index is 12.1. The van der Waals surface area contributed by atoms with Gasteiger partial charge in [0.2, 0.25) is 5.91 Å². The van der Waals surface area contributed by atoms with Crippen LogP contribution in [0.2, 0.25) is 0 Å². The molecule has 1 aromatic heterocycles. The van der Waals surface area contributed by atoms with Crippen LogP contribution in [0.25, 0.3) is 11.0 Å². The van der Waals surface area contributed by atoms with E-state index in [4.69, 9.17) is 4.74 Å². The minimum Gasteiger partial charge on any atom is -0.491 e. The van der Waals surface area contributed by atoms with Gasteiger partial charge in [0.15, 0.2) is 0 Å². The number of aromatic nitrogens is 2. The van der Waals surface area contributed by atoms with Crippen LogP contribution in [0.4, 0.5) is 0 Å². The average Bonchev–Trinajstić information content (AvgIpc) is 3.34. The highest BCUT2D eigenvalue weighted by atomic mass is 16.5. The summed E-state index contributed by atoms with van der Waals surface area (Å²) >= 11 is 0. The minimum atomic E-state index is -0.798. The van der Waals surface area contributed by atoms with Crippen LogP contribution >= 0.6 is 0 Å². The summed E-state index contributed by atoms with van der Waals surface area (Å²) in [6.45, 7) is 3.47. The Morgan fingerprint density at radius 3 is 2.55 bits per heavy atom. The predicted octanol–water partition coefficient (Wildman–Crippen LogP) is 2.09. The number of likely N-dealkylation sites (tertiary alicyclic amines) is 1. The number of aliphatic hydroxyl groups is 1. The van der Waals surface area contributed by atoms with Gasteiger partial charge < -0.3 is 20.1 Å². The number of hydrogen-bond acceptors (Lipinski definition) is 5. The number of aryl methyl sites for hydroxylation is 2. The maximum atomic E-state index is 12.1. The number of rotatable bonds is 10. The summed E-state index contributed by atoms with van der Waals surface area (Å²) in [7, 11) is 3.46. The van der Waals surface area contributed by atoms with Crippen molar-refractivity contribution in [3.05, 3.63) is 64.1 Å². The molecule has 1 fully saturated rings. The molecule has 1 atom stereocenters. The second kappa shape index (κ2) is 10.2. The molecule has 2 heterocycles. The van der Waals surface area contributed by atoms with Crippen molar-refractivity contribution in [1.82, 2.24) is 19.4 Å². The lowest BCUT2D eigenvalue weighted by molar-refractivity contribution is -0.127. The van der Waals surface area contributed by atoms with Gasteiger partial charge in [0.1, 0.15) is 18.5 Å². The Balaban J connectivity index is 1.23. The Labute approximate surface area is 193 Å². The first kappa shape index (κ1) is 23.1. The van der Waals surface area contributed by atoms with Crippen LogP contribution in [0.15, 0.2) is 47.3 Å². The molecule has 8 heteroatoms. The molecule has 33 heavy (non-hydrogen) atoms. The Hall–Kier alpha value is -3.10. The van der Waals surface area contributed by atoms with E-state index in [0.717, 1.165) is 55.6 Å². The fraction of sp³-hybridized carbons (Fsp3) is 0.440. The third kappa shape index (κ3) is 5.29. The number of carbonyl (C=O) groups is 1. The Kier molecular flexibility index (Phi) is 7.15. The molecule has 1 unspecified atom stereocenters. The van der Waals surface area contributed by atoms with Crippen LogP contribution in [0.5, 0.6) is 5.75 Å².